The summed E-state index contributed by atoms with van der Waals surface area (Å²) in [5.74, 6) is -1.74. The normalized spacial score (nSPS) is 14.9. The number of carbonyl (C=O) groups is 3. The number of nitrogens with zero attached hydrogens (tertiary/aromatic N) is 2. The lowest BCUT2D eigenvalue weighted by molar-refractivity contribution is -0.139. The van der Waals surface area contributed by atoms with Gasteiger partial charge in [0.05, 0.1) is 30.9 Å². The van der Waals surface area contributed by atoms with E-state index >= 15 is 0 Å². The van der Waals surface area contributed by atoms with Crippen molar-refractivity contribution in [2.45, 2.75) is 19.4 Å². The second-order valence-electron chi connectivity index (χ2n) is 6.48. The molecule has 1 unspecified atom stereocenters. The van der Waals surface area contributed by atoms with Gasteiger partial charge in [0.15, 0.2) is 5.13 Å². The van der Waals surface area contributed by atoms with E-state index in [-0.39, 0.29) is 28.9 Å². The molecule has 0 bridgehead atoms. The Labute approximate surface area is 171 Å². The molecule has 0 aliphatic carbocycles. The Bertz CT molecular complexity index is 898. The molecule has 2 heterocycles. The van der Waals surface area contributed by atoms with E-state index in [1.807, 2.05) is 0 Å². The van der Waals surface area contributed by atoms with Crippen molar-refractivity contribution in [2.75, 3.05) is 31.6 Å². The molecular weight excluding hydrogens is 399 g/mol. The van der Waals surface area contributed by atoms with E-state index in [1.54, 1.807) is 23.3 Å². The van der Waals surface area contributed by atoms with Crippen LogP contribution in [0.3, 0.4) is 0 Å². The predicted octanol–water partition coefficient (Wildman–Crippen LogP) is 1.44. The lowest BCUT2D eigenvalue weighted by Gasteiger charge is -2.29. The van der Waals surface area contributed by atoms with Gasteiger partial charge in [-0.25, -0.2) is 9.37 Å². The smallest absolute Gasteiger partial charge is 0.260 e. The Morgan fingerprint density at radius 2 is 2.00 bits per heavy atom. The Morgan fingerprint density at radius 3 is 2.72 bits per heavy atom. The molecule has 1 aromatic heterocycles. The highest BCUT2D eigenvalue weighted by atomic mass is 32.1. The van der Waals surface area contributed by atoms with Crippen LogP contribution in [0.1, 0.15) is 23.0 Å². The standard InChI is InChI=1S/C19H21FN4O4S/c1-12(18(27)24-6-8-28-9-7-24)21-16(25)10-13-11-29-19(22-13)23-17(26)14-4-2-3-5-15(14)20/h2-5,11-12H,6-10H2,1H3,(H,21,25)(H,22,23,26). The molecule has 2 N–H and O–H groups in total. The van der Waals surface area contributed by atoms with E-state index in [9.17, 15) is 18.8 Å². The zero-order valence-corrected chi connectivity index (χ0v) is 16.6. The Balaban J connectivity index is 1.51. The minimum atomic E-state index is -0.653. The summed E-state index contributed by atoms with van der Waals surface area (Å²) in [4.78, 5) is 42.5. The van der Waals surface area contributed by atoms with E-state index in [2.05, 4.69) is 15.6 Å². The quantitative estimate of drug-likeness (QED) is 0.737. The van der Waals surface area contributed by atoms with Crippen molar-refractivity contribution in [1.29, 1.82) is 0 Å². The van der Waals surface area contributed by atoms with Gasteiger partial charge in [-0.15, -0.1) is 11.3 Å². The number of aromatic nitrogens is 1. The molecule has 154 valence electrons. The molecule has 2 aromatic rings. The summed E-state index contributed by atoms with van der Waals surface area (Å²) >= 11 is 1.13. The predicted molar refractivity (Wildman–Crippen MR) is 105 cm³/mol. The summed E-state index contributed by atoms with van der Waals surface area (Å²) in [6, 6.07) is 4.98. The molecule has 1 fully saturated rings. The maximum atomic E-state index is 13.7. The number of benzene rings is 1. The van der Waals surface area contributed by atoms with Gasteiger partial charge in [0.2, 0.25) is 11.8 Å². The van der Waals surface area contributed by atoms with Crippen LogP contribution in [0.15, 0.2) is 29.6 Å². The van der Waals surface area contributed by atoms with Gasteiger partial charge in [0, 0.05) is 18.5 Å². The second-order valence-corrected chi connectivity index (χ2v) is 7.34. The Hall–Kier alpha value is -2.85. The Kier molecular flexibility index (Phi) is 6.89. The van der Waals surface area contributed by atoms with Crippen LogP contribution in [-0.2, 0) is 20.7 Å². The Morgan fingerprint density at radius 1 is 1.28 bits per heavy atom. The zero-order valence-electron chi connectivity index (χ0n) is 15.8. The number of anilines is 1. The minimum Gasteiger partial charge on any atom is -0.378 e. The number of amides is 3. The van der Waals surface area contributed by atoms with Crippen molar-refractivity contribution in [2.24, 2.45) is 0 Å². The van der Waals surface area contributed by atoms with E-state index < -0.39 is 17.8 Å². The molecular formula is C19H21FN4O4S. The van der Waals surface area contributed by atoms with Crippen LogP contribution in [0.2, 0.25) is 0 Å². The van der Waals surface area contributed by atoms with Crippen LogP contribution in [0.25, 0.3) is 0 Å². The average Bonchev–Trinajstić information content (AvgIpc) is 3.14. The SMILES string of the molecule is CC(NC(=O)Cc1csc(NC(=O)c2ccccc2F)n1)C(=O)N1CCOCC1. The molecule has 3 amide bonds. The molecule has 1 aliphatic heterocycles. The summed E-state index contributed by atoms with van der Waals surface area (Å²) < 4.78 is 18.9. The van der Waals surface area contributed by atoms with Gasteiger partial charge in [0.1, 0.15) is 11.9 Å². The van der Waals surface area contributed by atoms with E-state index in [0.717, 1.165) is 11.3 Å². The number of carbonyl (C=O) groups excluding carboxylic acids is 3. The number of nitrogens with one attached hydrogen (secondary N) is 2. The van der Waals surface area contributed by atoms with Gasteiger partial charge in [-0.3, -0.25) is 19.7 Å². The van der Waals surface area contributed by atoms with Crippen molar-refractivity contribution in [3.05, 3.63) is 46.7 Å². The molecule has 0 radical (unpaired) electrons. The second kappa shape index (κ2) is 9.57. The summed E-state index contributed by atoms with van der Waals surface area (Å²) in [6.45, 7) is 3.64. The van der Waals surface area contributed by atoms with E-state index in [4.69, 9.17) is 4.74 Å². The molecule has 1 aliphatic rings. The van der Waals surface area contributed by atoms with Crippen molar-refractivity contribution in [1.82, 2.24) is 15.2 Å². The molecule has 1 aromatic carbocycles. The number of ether oxygens (including phenoxy) is 1. The summed E-state index contributed by atoms with van der Waals surface area (Å²) in [7, 11) is 0. The molecule has 29 heavy (non-hydrogen) atoms. The maximum absolute atomic E-state index is 13.7. The highest BCUT2D eigenvalue weighted by Crippen LogP contribution is 2.18. The first-order chi connectivity index (χ1) is 13.9. The van der Waals surface area contributed by atoms with E-state index in [0.29, 0.717) is 32.0 Å². The fourth-order valence-electron chi connectivity index (χ4n) is 2.83. The third-order valence-electron chi connectivity index (χ3n) is 4.30. The summed E-state index contributed by atoms with van der Waals surface area (Å²) in [5.41, 5.74) is 0.361. The number of thiazole rings is 1. The van der Waals surface area contributed by atoms with Crippen LogP contribution < -0.4 is 10.6 Å². The van der Waals surface area contributed by atoms with Crippen LogP contribution in [-0.4, -0.2) is 60.0 Å². The number of morpholine rings is 1. The van der Waals surface area contributed by atoms with Gasteiger partial charge < -0.3 is 15.0 Å². The number of hydrogen-bond donors (Lipinski definition) is 2. The van der Waals surface area contributed by atoms with Crippen molar-refractivity contribution in [3.63, 3.8) is 0 Å². The van der Waals surface area contributed by atoms with Gasteiger partial charge in [0.25, 0.3) is 5.91 Å². The first kappa shape index (κ1) is 20.9. The molecule has 0 spiro atoms. The van der Waals surface area contributed by atoms with Crippen LogP contribution in [0.5, 0.6) is 0 Å². The number of halogens is 1. The van der Waals surface area contributed by atoms with Crippen LogP contribution in [0.4, 0.5) is 9.52 Å². The molecule has 1 saturated heterocycles. The number of hydrogen-bond acceptors (Lipinski definition) is 6. The van der Waals surface area contributed by atoms with Crippen molar-refractivity contribution >= 4 is 34.2 Å². The maximum Gasteiger partial charge on any atom is 0.260 e. The summed E-state index contributed by atoms with van der Waals surface area (Å²) in [5, 5.41) is 7.08. The first-order valence-electron chi connectivity index (χ1n) is 9.10. The van der Waals surface area contributed by atoms with Crippen LogP contribution in [0, 0.1) is 5.82 Å². The average molecular weight is 420 g/mol. The van der Waals surface area contributed by atoms with Gasteiger partial charge in [-0.2, -0.15) is 0 Å². The van der Waals surface area contributed by atoms with Gasteiger partial charge in [-0.05, 0) is 19.1 Å². The number of rotatable bonds is 6. The highest BCUT2D eigenvalue weighted by molar-refractivity contribution is 7.14. The molecule has 3 rings (SSSR count). The topological polar surface area (TPSA) is 101 Å². The highest BCUT2D eigenvalue weighted by Gasteiger charge is 2.24. The molecule has 8 nitrogen and oxygen atoms in total. The summed E-state index contributed by atoms with van der Waals surface area (Å²) in [6.07, 6.45) is -0.0349. The van der Waals surface area contributed by atoms with Crippen molar-refractivity contribution in [3.8, 4) is 0 Å². The minimum absolute atomic E-state index is 0.0349. The van der Waals surface area contributed by atoms with Crippen molar-refractivity contribution < 1.29 is 23.5 Å². The van der Waals surface area contributed by atoms with Crippen LogP contribution >= 0.6 is 11.3 Å². The largest absolute Gasteiger partial charge is 0.378 e. The lowest BCUT2D eigenvalue weighted by atomic mass is 10.2. The van der Waals surface area contributed by atoms with E-state index in [1.165, 1.54) is 18.2 Å². The lowest BCUT2D eigenvalue weighted by Crippen LogP contribution is -2.50. The molecule has 10 heteroatoms. The zero-order chi connectivity index (χ0) is 20.8. The third kappa shape index (κ3) is 5.58. The molecule has 1 atom stereocenters. The molecule has 0 saturated carbocycles. The monoisotopic (exact) mass is 420 g/mol. The van der Waals surface area contributed by atoms with Gasteiger partial charge >= 0.3 is 0 Å². The van der Waals surface area contributed by atoms with Gasteiger partial charge in [-0.1, -0.05) is 12.1 Å². The first-order valence-corrected chi connectivity index (χ1v) is 9.98. The fraction of sp³-hybridized carbons (Fsp3) is 0.368. The third-order valence-corrected chi connectivity index (χ3v) is 5.11. The fourth-order valence-corrected chi connectivity index (χ4v) is 3.54.